The van der Waals surface area contributed by atoms with Crippen molar-refractivity contribution in [1.29, 1.82) is 0 Å². The van der Waals surface area contributed by atoms with Crippen molar-refractivity contribution in [3.8, 4) is 21.8 Å². The van der Waals surface area contributed by atoms with E-state index in [-0.39, 0.29) is 22.7 Å². The lowest BCUT2D eigenvalue weighted by molar-refractivity contribution is -0.384. The SMILES string of the molecule is Br.O=[N+]([O-])c1cccc(-c2csc(-c3cccnc3)n2)c1. The molecule has 2 aromatic heterocycles. The van der Waals surface area contributed by atoms with Crippen LogP contribution in [0.2, 0.25) is 0 Å². The lowest BCUT2D eigenvalue weighted by Crippen LogP contribution is -1.88. The molecule has 1 aromatic carbocycles. The van der Waals surface area contributed by atoms with Crippen LogP contribution in [0.1, 0.15) is 0 Å². The highest BCUT2D eigenvalue weighted by molar-refractivity contribution is 8.93. The van der Waals surface area contributed by atoms with Crippen LogP contribution < -0.4 is 0 Å². The fraction of sp³-hybridized carbons (Fsp3) is 0. The number of nitro benzene ring substituents is 1. The van der Waals surface area contributed by atoms with Gasteiger partial charge in [0.05, 0.1) is 10.6 Å². The van der Waals surface area contributed by atoms with Gasteiger partial charge in [0.1, 0.15) is 5.01 Å². The van der Waals surface area contributed by atoms with Crippen molar-refractivity contribution < 1.29 is 4.92 Å². The number of nitrogens with zero attached hydrogens (tertiary/aromatic N) is 3. The number of halogens is 1. The first-order valence-corrected chi connectivity index (χ1v) is 6.73. The fourth-order valence-corrected chi connectivity index (χ4v) is 2.63. The highest BCUT2D eigenvalue weighted by Crippen LogP contribution is 2.29. The molecule has 5 nitrogen and oxygen atoms in total. The summed E-state index contributed by atoms with van der Waals surface area (Å²) < 4.78 is 0. The Labute approximate surface area is 135 Å². The third kappa shape index (κ3) is 3.32. The molecule has 0 atom stereocenters. The third-order valence-corrected chi connectivity index (χ3v) is 3.66. The fourth-order valence-electron chi connectivity index (χ4n) is 1.81. The number of nitro groups is 1. The monoisotopic (exact) mass is 363 g/mol. The quantitative estimate of drug-likeness (QED) is 0.512. The first kappa shape index (κ1) is 15.3. The number of aromatic nitrogens is 2. The number of pyridine rings is 1. The summed E-state index contributed by atoms with van der Waals surface area (Å²) in [6, 6.07) is 10.3. The first-order valence-electron chi connectivity index (χ1n) is 5.85. The van der Waals surface area contributed by atoms with Crippen LogP contribution >= 0.6 is 28.3 Å². The molecule has 0 aliphatic heterocycles. The molecule has 2 heterocycles. The Bertz CT molecular complexity index is 762. The van der Waals surface area contributed by atoms with Gasteiger partial charge in [-0.1, -0.05) is 12.1 Å². The molecule has 0 radical (unpaired) electrons. The van der Waals surface area contributed by atoms with Gasteiger partial charge in [-0.15, -0.1) is 28.3 Å². The summed E-state index contributed by atoms with van der Waals surface area (Å²) in [5.41, 5.74) is 2.48. The lowest BCUT2D eigenvalue weighted by atomic mass is 10.1. The minimum absolute atomic E-state index is 0. The van der Waals surface area contributed by atoms with Crippen LogP contribution in [0.15, 0.2) is 54.2 Å². The first-order chi connectivity index (χ1) is 9.74. The van der Waals surface area contributed by atoms with E-state index in [1.807, 2.05) is 23.6 Å². The van der Waals surface area contributed by atoms with Crippen LogP contribution in [0.5, 0.6) is 0 Å². The summed E-state index contributed by atoms with van der Waals surface area (Å²) in [5.74, 6) is 0. The number of non-ortho nitro benzene ring substituents is 1. The van der Waals surface area contributed by atoms with Crippen molar-refractivity contribution in [2.24, 2.45) is 0 Å². The van der Waals surface area contributed by atoms with Crippen LogP contribution in [0.3, 0.4) is 0 Å². The largest absolute Gasteiger partial charge is 0.270 e. The molecule has 0 unspecified atom stereocenters. The standard InChI is InChI=1S/C14H9N3O2S.BrH/c18-17(19)12-5-1-3-10(7-12)13-9-20-14(16-13)11-4-2-6-15-8-11;/h1-9H;1H. The van der Waals surface area contributed by atoms with Crippen molar-refractivity contribution in [1.82, 2.24) is 9.97 Å². The molecule has 0 fully saturated rings. The van der Waals surface area contributed by atoms with Gasteiger partial charge >= 0.3 is 0 Å². The second-order valence-electron chi connectivity index (χ2n) is 4.09. The zero-order chi connectivity index (χ0) is 13.9. The zero-order valence-electron chi connectivity index (χ0n) is 10.7. The van der Waals surface area contributed by atoms with Crippen LogP contribution in [-0.4, -0.2) is 14.9 Å². The zero-order valence-corrected chi connectivity index (χ0v) is 13.2. The van der Waals surface area contributed by atoms with Crippen LogP contribution in [0.25, 0.3) is 21.8 Å². The molecular formula is C14H10BrN3O2S. The van der Waals surface area contributed by atoms with E-state index in [0.717, 1.165) is 21.8 Å². The third-order valence-electron chi connectivity index (χ3n) is 2.77. The molecule has 0 N–H and O–H groups in total. The average molecular weight is 364 g/mol. The normalized spacial score (nSPS) is 9.90. The van der Waals surface area contributed by atoms with E-state index in [1.165, 1.54) is 23.5 Å². The Hall–Kier alpha value is -2.12. The summed E-state index contributed by atoms with van der Waals surface area (Å²) in [4.78, 5) is 19.0. The maximum atomic E-state index is 10.8. The van der Waals surface area contributed by atoms with Crippen molar-refractivity contribution in [3.63, 3.8) is 0 Å². The molecule has 0 bridgehead atoms. The summed E-state index contributed by atoms with van der Waals surface area (Å²) in [5, 5.41) is 13.5. The second kappa shape index (κ2) is 6.55. The Morgan fingerprint density at radius 1 is 1.14 bits per heavy atom. The van der Waals surface area contributed by atoms with E-state index in [9.17, 15) is 10.1 Å². The molecular weight excluding hydrogens is 354 g/mol. The van der Waals surface area contributed by atoms with Crippen LogP contribution in [0, 0.1) is 10.1 Å². The smallest absolute Gasteiger partial charge is 0.264 e. The molecule has 0 amide bonds. The Morgan fingerprint density at radius 2 is 1.95 bits per heavy atom. The van der Waals surface area contributed by atoms with Gasteiger partial charge in [0.25, 0.3) is 5.69 Å². The van der Waals surface area contributed by atoms with Crippen molar-refractivity contribution in [3.05, 3.63) is 64.3 Å². The molecule has 7 heteroatoms. The van der Waals surface area contributed by atoms with E-state index in [4.69, 9.17) is 0 Å². The van der Waals surface area contributed by atoms with Crippen LogP contribution in [-0.2, 0) is 0 Å². The Balaban J connectivity index is 0.00000161. The minimum Gasteiger partial charge on any atom is -0.264 e. The predicted octanol–water partition coefficient (Wildman–Crippen LogP) is 4.36. The summed E-state index contributed by atoms with van der Waals surface area (Å²) in [6.07, 6.45) is 3.45. The van der Waals surface area contributed by atoms with Crippen molar-refractivity contribution in [2.75, 3.05) is 0 Å². The van der Waals surface area contributed by atoms with Crippen LogP contribution in [0.4, 0.5) is 5.69 Å². The molecule has 3 aromatic rings. The number of hydrogen-bond acceptors (Lipinski definition) is 5. The van der Waals surface area contributed by atoms with E-state index < -0.39 is 4.92 Å². The van der Waals surface area contributed by atoms with Gasteiger partial charge in [-0.25, -0.2) is 4.98 Å². The van der Waals surface area contributed by atoms with E-state index in [2.05, 4.69) is 9.97 Å². The average Bonchev–Trinajstić information content (AvgIpc) is 2.98. The van der Waals surface area contributed by atoms with Gasteiger partial charge in [-0.2, -0.15) is 0 Å². The van der Waals surface area contributed by atoms with Gasteiger partial charge < -0.3 is 0 Å². The van der Waals surface area contributed by atoms with Crippen molar-refractivity contribution in [2.45, 2.75) is 0 Å². The van der Waals surface area contributed by atoms with E-state index in [0.29, 0.717) is 0 Å². The minimum atomic E-state index is -0.405. The van der Waals surface area contributed by atoms with E-state index >= 15 is 0 Å². The maximum Gasteiger partial charge on any atom is 0.270 e. The number of hydrogen-bond donors (Lipinski definition) is 0. The Morgan fingerprint density at radius 3 is 2.67 bits per heavy atom. The number of benzene rings is 1. The molecule has 0 aliphatic carbocycles. The molecule has 0 saturated heterocycles. The summed E-state index contributed by atoms with van der Waals surface area (Å²) in [6.45, 7) is 0. The van der Waals surface area contributed by atoms with E-state index in [1.54, 1.807) is 18.5 Å². The Kier molecular flexibility index (Phi) is 4.77. The van der Waals surface area contributed by atoms with Gasteiger partial charge in [0.15, 0.2) is 0 Å². The van der Waals surface area contributed by atoms with Crippen molar-refractivity contribution >= 4 is 34.0 Å². The summed E-state index contributed by atoms with van der Waals surface area (Å²) >= 11 is 1.49. The van der Waals surface area contributed by atoms with Gasteiger partial charge in [0.2, 0.25) is 0 Å². The summed E-state index contributed by atoms with van der Waals surface area (Å²) in [7, 11) is 0. The molecule has 0 saturated carbocycles. The number of thiazole rings is 1. The number of rotatable bonds is 3. The molecule has 21 heavy (non-hydrogen) atoms. The lowest BCUT2D eigenvalue weighted by Gasteiger charge is -1.97. The second-order valence-corrected chi connectivity index (χ2v) is 4.95. The topological polar surface area (TPSA) is 68.9 Å². The van der Waals surface area contributed by atoms with Gasteiger partial charge in [-0.05, 0) is 12.1 Å². The van der Waals surface area contributed by atoms with Gasteiger partial charge in [-0.3, -0.25) is 15.1 Å². The highest BCUT2D eigenvalue weighted by atomic mass is 79.9. The highest BCUT2D eigenvalue weighted by Gasteiger charge is 2.10. The molecule has 0 spiro atoms. The molecule has 3 rings (SSSR count). The predicted molar refractivity (Wildman–Crippen MR) is 87.8 cm³/mol. The van der Waals surface area contributed by atoms with Gasteiger partial charge in [0, 0.05) is 41.0 Å². The molecule has 0 aliphatic rings. The molecule has 106 valence electrons. The maximum absolute atomic E-state index is 10.8.